The van der Waals surface area contributed by atoms with Gasteiger partial charge >= 0.3 is 0 Å². The second kappa shape index (κ2) is 10.5. The lowest BCUT2D eigenvalue weighted by molar-refractivity contribution is -0.113. The average molecular weight is 444 g/mol. The summed E-state index contributed by atoms with van der Waals surface area (Å²) in [4.78, 5) is 14.6. The van der Waals surface area contributed by atoms with E-state index in [1.807, 2.05) is 4.57 Å². The first-order valence-electron chi connectivity index (χ1n) is 10.0. The zero-order valence-electron chi connectivity index (χ0n) is 17.4. The van der Waals surface area contributed by atoms with Crippen LogP contribution < -0.4 is 10.2 Å². The van der Waals surface area contributed by atoms with Crippen LogP contribution in [-0.4, -0.2) is 39.5 Å². The van der Waals surface area contributed by atoms with Crippen LogP contribution in [-0.2, 0) is 11.3 Å². The van der Waals surface area contributed by atoms with E-state index in [0.29, 0.717) is 5.02 Å². The summed E-state index contributed by atoms with van der Waals surface area (Å²) in [5, 5.41) is 12.9. The van der Waals surface area contributed by atoms with Crippen molar-refractivity contribution in [1.29, 1.82) is 0 Å². The topological polar surface area (TPSA) is 63.1 Å². The molecule has 0 aliphatic rings. The van der Waals surface area contributed by atoms with Gasteiger partial charge in [0.2, 0.25) is 5.91 Å². The van der Waals surface area contributed by atoms with Gasteiger partial charge in [-0.15, -0.1) is 10.2 Å². The first kappa shape index (κ1) is 22.2. The summed E-state index contributed by atoms with van der Waals surface area (Å²) in [5.74, 6) is 0.962. The molecule has 0 aliphatic heterocycles. The van der Waals surface area contributed by atoms with Crippen LogP contribution in [0.5, 0.6) is 0 Å². The Labute approximate surface area is 186 Å². The third-order valence-electron chi connectivity index (χ3n) is 4.75. The number of benzene rings is 2. The van der Waals surface area contributed by atoms with Crippen molar-refractivity contribution in [2.75, 3.05) is 29.1 Å². The number of amides is 1. The Hall–Kier alpha value is -2.51. The Balaban J connectivity index is 1.68. The van der Waals surface area contributed by atoms with Crippen molar-refractivity contribution in [2.24, 2.45) is 0 Å². The molecule has 0 unspecified atom stereocenters. The largest absolute Gasteiger partial charge is 0.372 e. The summed E-state index contributed by atoms with van der Waals surface area (Å²) in [7, 11) is 0. The molecule has 1 amide bonds. The fourth-order valence-corrected chi connectivity index (χ4v) is 4.09. The van der Waals surface area contributed by atoms with Gasteiger partial charge in [0.15, 0.2) is 11.0 Å². The number of hydrogen-bond donors (Lipinski definition) is 1. The molecule has 0 spiro atoms. The molecular weight excluding hydrogens is 418 g/mol. The first-order chi connectivity index (χ1) is 14.5. The lowest BCUT2D eigenvalue weighted by atomic mass is 10.2. The van der Waals surface area contributed by atoms with Crippen molar-refractivity contribution in [3.63, 3.8) is 0 Å². The van der Waals surface area contributed by atoms with Gasteiger partial charge in [-0.1, -0.05) is 23.4 Å². The summed E-state index contributed by atoms with van der Waals surface area (Å²) in [6.07, 6.45) is 0. The minimum Gasteiger partial charge on any atom is -0.372 e. The van der Waals surface area contributed by atoms with E-state index < -0.39 is 0 Å². The van der Waals surface area contributed by atoms with Gasteiger partial charge in [-0.25, -0.2) is 0 Å². The third-order valence-corrected chi connectivity index (χ3v) is 5.97. The van der Waals surface area contributed by atoms with Crippen LogP contribution in [0.2, 0.25) is 5.02 Å². The summed E-state index contributed by atoms with van der Waals surface area (Å²) >= 11 is 7.25. The van der Waals surface area contributed by atoms with E-state index in [2.05, 4.69) is 65.5 Å². The van der Waals surface area contributed by atoms with Crippen molar-refractivity contribution >= 4 is 40.6 Å². The van der Waals surface area contributed by atoms with E-state index in [4.69, 9.17) is 11.6 Å². The van der Waals surface area contributed by atoms with E-state index in [1.54, 1.807) is 24.3 Å². The van der Waals surface area contributed by atoms with Crippen LogP contribution in [0, 0.1) is 0 Å². The zero-order chi connectivity index (χ0) is 21.5. The molecule has 1 aromatic heterocycles. The zero-order valence-corrected chi connectivity index (χ0v) is 19.0. The molecule has 1 heterocycles. The average Bonchev–Trinajstić information content (AvgIpc) is 3.18. The second-order valence-corrected chi connectivity index (χ2v) is 7.99. The molecule has 6 nitrogen and oxygen atoms in total. The summed E-state index contributed by atoms with van der Waals surface area (Å²) < 4.78 is 2.03. The van der Waals surface area contributed by atoms with Gasteiger partial charge in [0.1, 0.15) is 0 Å². The van der Waals surface area contributed by atoms with Gasteiger partial charge in [0, 0.05) is 41.6 Å². The maximum Gasteiger partial charge on any atom is 0.234 e. The smallest absolute Gasteiger partial charge is 0.234 e. The fraction of sp³-hybridized carbons (Fsp3) is 0.318. The standard InChI is InChI=1S/C22H26ClN5OS/c1-4-27(5-2)19-13-7-16(8-14-19)21-25-26-22(28(21)6-3)30-15-20(29)24-18-11-9-17(23)10-12-18/h7-14H,4-6,15H2,1-3H3,(H,24,29). The van der Waals surface area contributed by atoms with E-state index in [9.17, 15) is 4.79 Å². The molecule has 3 rings (SSSR count). The number of aromatic nitrogens is 3. The van der Waals surface area contributed by atoms with Gasteiger partial charge in [-0.05, 0) is 69.3 Å². The number of hydrogen-bond acceptors (Lipinski definition) is 5. The van der Waals surface area contributed by atoms with Crippen molar-refractivity contribution in [3.8, 4) is 11.4 Å². The molecule has 0 bridgehead atoms. The minimum absolute atomic E-state index is 0.0990. The molecule has 2 aromatic carbocycles. The van der Waals surface area contributed by atoms with Crippen molar-refractivity contribution in [1.82, 2.24) is 14.8 Å². The number of thioether (sulfide) groups is 1. The third kappa shape index (κ3) is 5.34. The van der Waals surface area contributed by atoms with E-state index in [0.717, 1.165) is 41.9 Å². The Morgan fingerprint density at radius 3 is 2.30 bits per heavy atom. The second-order valence-electron chi connectivity index (χ2n) is 6.61. The van der Waals surface area contributed by atoms with E-state index >= 15 is 0 Å². The van der Waals surface area contributed by atoms with Crippen LogP contribution in [0.3, 0.4) is 0 Å². The molecule has 0 saturated heterocycles. The molecule has 158 valence electrons. The lowest BCUT2D eigenvalue weighted by Crippen LogP contribution is -2.21. The van der Waals surface area contributed by atoms with Crippen LogP contribution in [0.25, 0.3) is 11.4 Å². The Morgan fingerprint density at radius 2 is 1.70 bits per heavy atom. The molecule has 0 radical (unpaired) electrons. The first-order valence-corrected chi connectivity index (χ1v) is 11.4. The normalized spacial score (nSPS) is 10.8. The highest BCUT2D eigenvalue weighted by Gasteiger charge is 2.15. The van der Waals surface area contributed by atoms with Crippen molar-refractivity contribution < 1.29 is 4.79 Å². The van der Waals surface area contributed by atoms with Crippen molar-refractivity contribution in [3.05, 3.63) is 53.6 Å². The maximum absolute atomic E-state index is 12.3. The minimum atomic E-state index is -0.0990. The fourth-order valence-electron chi connectivity index (χ4n) is 3.16. The van der Waals surface area contributed by atoms with E-state index in [-0.39, 0.29) is 11.7 Å². The van der Waals surface area contributed by atoms with Gasteiger partial charge in [0.25, 0.3) is 0 Å². The number of rotatable bonds is 9. The molecule has 0 fully saturated rings. The Bertz CT molecular complexity index is 968. The molecule has 0 saturated carbocycles. The molecule has 0 atom stereocenters. The predicted molar refractivity (Wildman–Crippen MR) is 125 cm³/mol. The van der Waals surface area contributed by atoms with Crippen LogP contribution in [0.1, 0.15) is 20.8 Å². The number of carbonyl (C=O) groups is 1. The monoisotopic (exact) mass is 443 g/mol. The maximum atomic E-state index is 12.3. The van der Waals surface area contributed by atoms with Gasteiger partial charge in [-0.3, -0.25) is 4.79 Å². The number of halogens is 1. The van der Waals surface area contributed by atoms with Crippen LogP contribution in [0.4, 0.5) is 11.4 Å². The number of carbonyl (C=O) groups excluding carboxylic acids is 1. The highest BCUT2D eigenvalue weighted by atomic mass is 35.5. The van der Waals surface area contributed by atoms with Crippen LogP contribution >= 0.6 is 23.4 Å². The highest BCUT2D eigenvalue weighted by Crippen LogP contribution is 2.26. The highest BCUT2D eigenvalue weighted by molar-refractivity contribution is 7.99. The van der Waals surface area contributed by atoms with Gasteiger partial charge in [-0.2, -0.15) is 0 Å². The van der Waals surface area contributed by atoms with Crippen molar-refractivity contribution in [2.45, 2.75) is 32.5 Å². The molecule has 8 heteroatoms. The molecule has 0 aliphatic carbocycles. The SMILES string of the molecule is CCN(CC)c1ccc(-c2nnc(SCC(=O)Nc3ccc(Cl)cc3)n2CC)cc1. The van der Waals surface area contributed by atoms with Crippen LogP contribution in [0.15, 0.2) is 53.7 Å². The molecule has 3 aromatic rings. The quantitative estimate of drug-likeness (QED) is 0.461. The molecule has 30 heavy (non-hydrogen) atoms. The number of nitrogens with one attached hydrogen (secondary N) is 1. The lowest BCUT2D eigenvalue weighted by Gasteiger charge is -2.21. The van der Waals surface area contributed by atoms with Gasteiger partial charge < -0.3 is 14.8 Å². The summed E-state index contributed by atoms with van der Waals surface area (Å²) in [5.41, 5.74) is 2.92. The predicted octanol–water partition coefficient (Wildman–Crippen LogP) is 5.20. The number of nitrogens with zero attached hydrogens (tertiary/aromatic N) is 4. The van der Waals surface area contributed by atoms with E-state index in [1.165, 1.54) is 17.4 Å². The Kier molecular flexibility index (Phi) is 7.76. The summed E-state index contributed by atoms with van der Waals surface area (Å²) in [6.45, 7) is 9.02. The molecule has 1 N–H and O–H groups in total. The number of anilines is 2. The summed E-state index contributed by atoms with van der Waals surface area (Å²) in [6, 6.07) is 15.4. The van der Waals surface area contributed by atoms with Gasteiger partial charge in [0.05, 0.1) is 5.75 Å². The Morgan fingerprint density at radius 1 is 1.03 bits per heavy atom. The molecular formula is C22H26ClN5OS.